The van der Waals surface area contributed by atoms with E-state index >= 15 is 0 Å². The topological polar surface area (TPSA) is 105 Å². The van der Waals surface area contributed by atoms with E-state index in [1.807, 2.05) is 0 Å². The second-order valence-electron chi connectivity index (χ2n) is 3.95. The number of carbonyl (C=O) groups is 3. The number of carboxylic acids is 1. The summed E-state index contributed by atoms with van der Waals surface area (Å²) in [4.78, 5) is 33.4. The molecule has 1 aromatic carbocycles. The van der Waals surface area contributed by atoms with Crippen molar-refractivity contribution in [3.8, 4) is 0 Å². The van der Waals surface area contributed by atoms with Crippen LogP contribution in [0.5, 0.6) is 0 Å². The van der Waals surface area contributed by atoms with Crippen LogP contribution < -0.4 is 10.8 Å². The highest BCUT2D eigenvalue weighted by Gasteiger charge is 2.34. The quantitative estimate of drug-likeness (QED) is 0.694. The monoisotopic (exact) mass is 304 g/mol. The molecule has 0 spiro atoms. The average Bonchev–Trinajstić information content (AvgIpc) is 2.65. The van der Waals surface area contributed by atoms with E-state index in [1.54, 1.807) is 24.3 Å². The first-order valence-corrected chi connectivity index (χ1v) is 5.72. The van der Waals surface area contributed by atoms with Crippen molar-refractivity contribution < 1.29 is 38.4 Å². The summed E-state index contributed by atoms with van der Waals surface area (Å²) in [6.45, 7) is 0.942. The summed E-state index contributed by atoms with van der Waals surface area (Å²) in [6.07, 6.45) is -5.19. The predicted molar refractivity (Wildman–Crippen MR) is 60.6 cm³/mol. The van der Waals surface area contributed by atoms with Crippen molar-refractivity contribution in [2.45, 2.75) is 6.18 Å². The molecular weight excluding hydrogens is 293 g/mol. The van der Waals surface area contributed by atoms with Crippen molar-refractivity contribution in [1.82, 2.24) is 4.90 Å². The Hall–Kier alpha value is -2.42. The number of fused-ring (bicyclic) bond motifs is 1. The van der Waals surface area contributed by atoms with Gasteiger partial charge in [0.15, 0.2) is 0 Å². The van der Waals surface area contributed by atoms with Crippen molar-refractivity contribution in [2.24, 2.45) is 0 Å². The number of benzene rings is 1. The van der Waals surface area contributed by atoms with Gasteiger partial charge in [0.1, 0.15) is 5.97 Å². The Labute approximate surface area is 116 Å². The molecule has 0 atom stereocenters. The number of carboxylic acid groups (broad SMARTS) is 1. The van der Waals surface area contributed by atoms with E-state index < -0.39 is 12.1 Å². The highest BCUT2D eigenvalue weighted by molar-refractivity contribution is 6.21. The maximum Gasteiger partial charge on any atom is 0.430 e. The van der Waals surface area contributed by atoms with Crippen molar-refractivity contribution in [3.05, 3.63) is 35.4 Å². The molecule has 0 unspecified atom stereocenters. The molecular formula is C12H11F3N2O4. The lowest BCUT2D eigenvalue weighted by atomic mass is 10.1. The first-order chi connectivity index (χ1) is 9.70. The Kier molecular flexibility index (Phi) is 5.03. The van der Waals surface area contributed by atoms with Crippen LogP contribution in [0.4, 0.5) is 13.2 Å². The van der Waals surface area contributed by atoms with Crippen molar-refractivity contribution in [1.29, 1.82) is 0 Å². The fourth-order valence-electron chi connectivity index (χ4n) is 1.60. The number of amides is 2. The normalized spacial score (nSPS) is 13.6. The molecule has 0 aromatic heterocycles. The average molecular weight is 304 g/mol. The number of aliphatic carboxylic acids is 1. The van der Waals surface area contributed by atoms with Gasteiger partial charge in [0, 0.05) is 0 Å². The number of hydrogen-bond acceptors (Lipinski definition) is 4. The minimum absolute atomic E-state index is 0.200. The molecule has 1 aliphatic heterocycles. The zero-order valence-corrected chi connectivity index (χ0v) is 10.6. The number of quaternary nitrogens is 1. The van der Waals surface area contributed by atoms with Crippen LogP contribution in [0.1, 0.15) is 20.7 Å². The van der Waals surface area contributed by atoms with Crippen LogP contribution in [0.2, 0.25) is 0 Å². The van der Waals surface area contributed by atoms with Gasteiger partial charge in [-0.3, -0.25) is 14.5 Å². The van der Waals surface area contributed by atoms with Gasteiger partial charge in [0.2, 0.25) is 0 Å². The molecule has 0 fully saturated rings. The van der Waals surface area contributed by atoms with Gasteiger partial charge in [-0.1, -0.05) is 12.1 Å². The van der Waals surface area contributed by atoms with Crippen LogP contribution in [0.3, 0.4) is 0 Å². The summed E-state index contributed by atoms with van der Waals surface area (Å²) in [5.74, 6) is -3.41. The smallest absolute Gasteiger partial charge is 0.430 e. The molecule has 0 saturated carbocycles. The number of halogens is 3. The van der Waals surface area contributed by atoms with Gasteiger partial charge in [-0.2, -0.15) is 13.2 Å². The van der Waals surface area contributed by atoms with Crippen LogP contribution in [-0.4, -0.2) is 41.9 Å². The third-order valence-corrected chi connectivity index (χ3v) is 2.49. The molecule has 0 aliphatic carbocycles. The van der Waals surface area contributed by atoms with Gasteiger partial charge in [-0.05, 0) is 12.1 Å². The molecule has 6 nitrogen and oxygen atoms in total. The molecule has 21 heavy (non-hydrogen) atoms. The number of carbonyl (C=O) groups excluding carboxylic acids is 3. The lowest BCUT2D eigenvalue weighted by Gasteiger charge is -2.09. The van der Waals surface area contributed by atoms with E-state index in [2.05, 4.69) is 5.73 Å². The zero-order chi connectivity index (χ0) is 16.2. The molecule has 9 heteroatoms. The highest BCUT2D eigenvalue weighted by atomic mass is 19.4. The molecule has 1 aromatic rings. The fourth-order valence-corrected chi connectivity index (χ4v) is 1.60. The van der Waals surface area contributed by atoms with E-state index in [0.29, 0.717) is 24.2 Å². The van der Waals surface area contributed by atoms with E-state index in [4.69, 9.17) is 9.90 Å². The van der Waals surface area contributed by atoms with E-state index in [1.165, 1.54) is 4.90 Å². The molecule has 2 rings (SSSR count). The van der Waals surface area contributed by atoms with E-state index in [0.717, 1.165) is 0 Å². The maximum absolute atomic E-state index is 11.7. The summed E-state index contributed by atoms with van der Waals surface area (Å²) in [7, 11) is 0. The summed E-state index contributed by atoms with van der Waals surface area (Å²) < 4.78 is 31.5. The minimum atomic E-state index is -5.19. The third-order valence-electron chi connectivity index (χ3n) is 2.49. The minimum Gasteiger partial charge on any atom is -0.542 e. The molecule has 0 saturated heterocycles. The lowest BCUT2D eigenvalue weighted by molar-refractivity contribution is -0.367. The van der Waals surface area contributed by atoms with Crippen LogP contribution in [0.15, 0.2) is 24.3 Å². The second-order valence-corrected chi connectivity index (χ2v) is 3.95. The number of hydrogen-bond donors (Lipinski definition) is 1. The van der Waals surface area contributed by atoms with Crippen molar-refractivity contribution in [3.63, 3.8) is 0 Å². The molecule has 0 radical (unpaired) electrons. The van der Waals surface area contributed by atoms with Gasteiger partial charge < -0.3 is 15.6 Å². The Bertz CT molecular complexity index is 537. The number of imide groups is 1. The fraction of sp³-hybridized carbons (Fsp3) is 0.250. The van der Waals surface area contributed by atoms with Gasteiger partial charge in [-0.25, -0.2) is 0 Å². The van der Waals surface area contributed by atoms with Crippen LogP contribution in [0.25, 0.3) is 0 Å². The molecule has 2 amide bonds. The van der Waals surface area contributed by atoms with E-state index in [-0.39, 0.29) is 11.8 Å². The maximum atomic E-state index is 11.7. The SMILES string of the molecule is O=C([O-])C(F)(F)F.[NH3+]CCN1C(=O)c2ccccc2C1=O. The van der Waals surface area contributed by atoms with Gasteiger partial charge in [0.05, 0.1) is 24.2 Å². The Balaban J connectivity index is 0.000000270. The number of rotatable bonds is 2. The lowest BCUT2D eigenvalue weighted by Crippen LogP contribution is -2.55. The Morgan fingerprint density at radius 2 is 1.52 bits per heavy atom. The van der Waals surface area contributed by atoms with Crippen LogP contribution in [0, 0.1) is 0 Å². The molecule has 1 aliphatic rings. The van der Waals surface area contributed by atoms with Crippen LogP contribution >= 0.6 is 0 Å². The third kappa shape index (κ3) is 3.78. The summed E-state index contributed by atoms with van der Waals surface area (Å²) >= 11 is 0. The highest BCUT2D eigenvalue weighted by Crippen LogP contribution is 2.21. The standard InChI is InChI=1S/C10H10N2O2.C2HF3O2/c11-5-6-12-9(13)7-3-1-2-4-8(7)10(12)14;3-2(4,5)1(6)7/h1-4H,5-6,11H2;(H,6,7). The summed E-state index contributed by atoms with van der Waals surface area (Å²) in [6, 6.07) is 6.88. The largest absolute Gasteiger partial charge is 0.542 e. The molecule has 114 valence electrons. The summed E-state index contributed by atoms with van der Waals surface area (Å²) in [5, 5.41) is 8.78. The predicted octanol–water partition coefficient (Wildman–Crippen LogP) is -1.18. The number of nitrogens with zero attached hydrogens (tertiary/aromatic N) is 1. The van der Waals surface area contributed by atoms with Crippen molar-refractivity contribution in [2.75, 3.05) is 13.1 Å². The number of alkyl halides is 3. The van der Waals surface area contributed by atoms with E-state index in [9.17, 15) is 22.8 Å². The zero-order valence-electron chi connectivity index (χ0n) is 10.6. The Morgan fingerprint density at radius 3 is 1.81 bits per heavy atom. The van der Waals surface area contributed by atoms with Crippen molar-refractivity contribution >= 4 is 17.8 Å². The van der Waals surface area contributed by atoms with Gasteiger partial charge in [-0.15, -0.1) is 0 Å². The van der Waals surface area contributed by atoms with Gasteiger partial charge >= 0.3 is 6.18 Å². The summed E-state index contributed by atoms with van der Waals surface area (Å²) in [5.41, 5.74) is 4.65. The molecule has 1 heterocycles. The first-order valence-electron chi connectivity index (χ1n) is 5.72. The van der Waals surface area contributed by atoms with Gasteiger partial charge in [0.25, 0.3) is 11.8 Å². The van der Waals surface area contributed by atoms with Crippen LogP contribution in [-0.2, 0) is 4.79 Å². The Morgan fingerprint density at radius 1 is 1.14 bits per heavy atom. The molecule has 0 bridgehead atoms. The molecule has 3 N–H and O–H groups in total. The second kappa shape index (κ2) is 6.35. The first kappa shape index (κ1) is 16.6.